The summed E-state index contributed by atoms with van der Waals surface area (Å²) >= 11 is 0. The van der Waals surface area contributed by atoms with Gasteiger partial charge in [-0.05, 0) is 26.0 Å². The maximum atomic E-state index is 11.9. The zero-order valence-corrected chi connectivity index (χ0v) is 10.5. The van der Waals surface area contributed by atoms with E-state index >= 15 is 0 Å². The van der Waals surface area contributed by atoms with Crippen molar-refractivity contribution in [2.24, 2.45) is 0 Å². The van der Waals surface area contributed by atoms with Crippen LogP contribution in [0.3, 0.4) is 0 Å². The lowest BCUT2D eigenvalue weighted by Crippen LogP contribution is -2.42. The molecule has 7 nitrogen and oxygen atoms in total. The van der Waals surface area contributed by atoms with Crippen molar-refractivity contribution in [2.75, 3.05) is 0 Å². The molecule has 1 amide bonds. The van der Waals surface area contributed by atoms with Gasteiger partial charge in [0.15, 0.2) is 0 Å². The monoisotopic (exact) mass is 266 g/mol. The second kappa shape index (κ2) is 5.94. The minimum absolute atomic E-state index is 0.224. The largest absolute Gasteiger partial charge is 0.481 e. The van der Waals surface area contributed by atoms with E-state index in [-0.39, 0.29) is 5.56 Å². The Bertz CT molecular complexity index is 527. The standard InChI is InChI=1S/C12H14N2O5/c1-6-3-4-8(7(2)13-6)11(17)14-9(12(18)19)5-10(15)16/h3-4,9H,5H2,1-2H3,(H,14,17)(H,15,16)(H,18,19)/t9-/m0/s1. The summed E-state index contributed by atoms with van der Waals surface area (Å²) in [5.41, 5.74) is 1.41. The van der Waals surface area contributed by atoms with E-state index in [1.165, 1.54) is 6.07 Å². The number of hydrogen-bond acceptors (Lipinski definition) is 4. The van der Waals surface area contributed by atoms with Crippen molar-refractivity contribution in [2.45, 2.75) is 26.3 Å². The molecule has 7 heteroatoms. The lowest BCUT2D eigenvalue weighted by molar-refractivity contribution is -0.145. The third kappa shape index (κ3) is 4.06. The van der Waals surface area contributed by atoms with Gasteiger partial charge in [-0.2, -0.15) is 0 Å². The Labute approximate surface area is 109 Å². The van der Waals surface area contributed by atoms with E-state index in [4.69, 9.17) is 10.2 Å². The zero-order chi connectivity index (χ0) is 14.6. The minimum Gasteiger partial charge on any atom is -0.481 e. The molecule has 1 aromatic heterocycles. The van der Waals surface area contributed by atoms with Crippen molar-refractivity contribution in [1.82, 2.24) is 10.3 Å². The van der Waals surface area contributed by atoms with Crippen molar-refractivity contribution in [1.29, 1.82) is 0 Å². The lowest BCUT2D eigenvalue weighted by atomic mass is 10.1. The Kier molecular flexibility index (Phi) is 4.57. The van der Waals surface area contributed by atoms with E-state index < -0.39 is 30.3 Å². The van der Waals surface area contributed by atoms with E-state index in [0.29, 0.717) is 5.69 Å². The second-order valence-corrected chi connectivity index (χ2v) is 4.05. The van der Waals surface area contributed by atoms with Crippen LogP contribution < -0.4 is 5.32 Å². The predicted octanol–water partition coefficient (Wildman–Crippen LogP) is 0.356. The van der Waals surface area contributed by atoms with Crippen LogP contribution in [0.2, 0.25) is 0 Å². The highest BCUT2D eigenvalue weighted by Crippen LogP contribution is 2.07. The molecule has 3 N–H and O–H groups in total. The highest BCUT2D eigenvalue weighted by molar-refractivity contribution is 5.98. The van der Waals surface area contributed by atoms with E-state index in [2.05, 4.69) is 10.3 Å². The van der Waals surface area contributed by atoms with Gasteiger partial charge in [-0.1, -0.05) is 0 Å². The summed E-state index contributed by atoms with van der Waals surface area (Å²) in [6.45, 7) is 3.38. The van der Waals surface area contributed by atoms with E-state index in [0.717, 1.165) is 5.69 Å². The first-order valence-corrected chi connectivity index (χ1v) is 5.51. The lowest BCUT2D eigenvalue weighted by Gasteiger charge is -2.13. The van der Waals surface area contributed by atoms with Crippen molar-refractivity contribution >= 4 is 17.8 Å². The highest BCUT2D eigenvalue weighted by atomic mass is 16.4. The van der Waals surface area contributed by atoms with Crippen molar-refractivity contribution in [3.05, 3.63) is 29.1 Å². The van der Waals surface area contributed by atoms with Crippen molar-refractivity contribution in [3.63, 3.8) is 0 Å². The fraction of sp³-hybridized carbons (Fsp3) is 0.333. The van der Waals surface area contributed by atoms with Crippen LogP contribution in [-0.4, -0.2) is 39.1 Å². The number of amides is 1. The molecule has 0 aromatic carbocycles. The minimum atomic E-state index is -1.47. The number of aliphatic carboxylic acids is 2. The SMILES string of the molecule is Cc1ccc(C(=O)N[C@@H](CC(=O)O)C(=O)O)c(C)n1. The summed E-state index contributed by atoms with van der Waals surface area (Å²) in [5, 5.41) is 19.6. The Morgan fingerprint density at radius 3 is 2.37 bits per heavy atom. The van der Waals surface area contributed by atoms with Crippen LogP contribution in [0.15, 0.2) is 12.1 Å². The summed E-state index contributed by atoms with van der Waals surface area (Å²) in [6, 6.07) is 1.67. The Hall–Kier alpha value is -2.44. The van der Waals surface area contributed by atoms with E-state index in [9.17, 15) is 14.4 Å². The summed E-state index contributed by atoms with van der Waals surface area (Å²) < 4.78 is 0. The molecule has 19 heavy (non-hydrogen) atoms. The van der Waals surface area contributed by atoms with E-state index in [1.54, 1.807) is 19.9 Å². The van der Waals surface area contributed by atoms with Crippen LogP contribution >= 0.6 is 0 Å². The summed E-state index contributed by atoms with van der Waals surface area (Å²) in [7, 11) is 0. The maximum absolute atomic E-state index is 11.9. The van der Waals surface area contributed by atoms with Gasteiger partial charge in [-0.25, -0.2) is 4.79 Å². The molecule has 1 aromatic rings. The number of carbonyl (C=O) groups is 3. The number of carboxylic acids is 2. The first kappa shape index (κ1) is 14.6. The quantitative estimate of drug-likeness (QED) is 0.708. The smallest absolute Gasteiger partial charge is 0.326 e. The zero-order valence-electron chi connectivity index (χ0n) is 10.5. The van der Waals surface area contributed by atoms with Gasteiger partial charge in [-0.15, -0.1) is 0 Å². The van der Waals surface area contributed by atoms with Crippen LogP contribution in [0, 0.1) is 13.8 Å². The van der Waals surface area contributed by atoms with Gasteiger partial charge >= 0.3 is 11.9 Å². The molecule has 0 unspecified atom stereocenters. The summed E-state index contributed by atoms with van der Waals surface area (Å²) in [4.78, 5) is 37.3. The van der Waals surface area contributed by atoms with Gasteiger partial charge in [-0.3, -0.25) is 14.6 Å². The van der Waals surface area contributed by atoms with Gasteiger partial charge in [0.05, 0.1) is 17.7 Å². The summed E-state index contributed by atoms with van der Waals surface area (Å²) in [5.74, 6) is -3.35. The maximum Gasteiger partial charge on any atom is 0.326 e. The van der Waals surface area contributed by atoms with Crippen molar-refractivity contribution < 1.29 is 24.6 Å². The molecule has 0 saturated heterocycles. The van der Waals surface area contributed by atoms with Gasteiger partial charge in [0.1, 0.15) is 6.04 Å². The number of pyridine rings is 1. The topological polar surface area (TPSA) is 117 Å². The molecule has 0 aliphatic heterocycles. The van der Waals surface area contributed by atoms with Crippen molar-refractivity contribution in [3.8, 4) is 0 Å². The van der Waals surface area contributed by atoms with Crippen LogP contribution in [0.25, 0.3) is 0 Å². The number of nitrogens with zero attached hydrogens (tertiary/aromatic N) is 1. The second-order valence-electron chi connectivity index (χ2n) is 4.05. The fourth-order valence-corrected chi connectivity index (χ4v) is 1.54. The van der Waals surface area contributed by atoms with Crippen LogP contribution in [-0.2, 0) is 9.59 Å². The number of carboxylic acid groups (broad SMARTS) is 2. The molecule has 1 rings (SSSR count). The van der Waals surface area contributed by atoms with E-state index in [1.807, 2.05) is 0 Å². The molecular weight excluding hydrogens is 252 g/mol. The van der Waals surface area contributed by atoms with Gasteiger partial charge < -0.3 is 15.5 Å². The first-order chi connectivity index (χ1) is 8.81. The molecule has 0 fully saturated rings. The molecule has 1 heterocycles. The average molecular weight is 266 g/mol. The van der Waals surface area contributed by atoms with Gasteiger partial charge in [0, 0.05) is 5.69 Å². The Balaban J connectivity index is 2.87. The molecule has 102 valence electrons. The Morgan fingerprint density at radius 2 is 1.89 bits per heavy atom. The molecule has 0 bridgehead atoms. The highest BCUT2D eigenvalue weighted by Gasteiger charge is 2.24. The summed E-state index contributed by atoms with van der Waals surface area (Å²) in [6.07, 6.45) is -0.681. The Morgan fingerprint density at radius 1 is 1.26 bits per heavy atom. The number of carbonyl (C=O) groups excluding carboxylic acids is 1. The molecular formula is C12H14N2O5. The number of aromatic nitrogens is 1. The number of hydrogen-bond donors (Lipinski definition) is 3. The van der Waals surface area contributed by atoms with Crippen LogP contribution in [0.4, 0.5) is 0 Å². The van der Waals surface area contributed by atoms with Gasteiger partial charge in [0.25, 0.3) is 5.91 Å². The van der Waals surface area contributed by atoms with Gasteiger partial charge in [0.2, 0.25) is 0 Å². The normalized spacial score (nSPS) is 11.7. The number of nitrogens with one attached hydrogen (secondary N) is 1. The third-order valence-corrected chi connectivity index (χ3v) is 2.45. The molecule has 0 saturated carbocycles. The molecule has 0 aliphatic carbocycles. The fourth-order valence-electron chi connectivity index (χ4n) is 1.54. The number of rotatable bonds is 5. The number of aryl methyl sites for hydroxylation is 2. The third-order valence-electron chi connectivity index (χ3n) is 2.45. The average Bonchev–Trinajstić information content (AvgIpc) is 2.26. The molecule has 1 atom stereocenters. The van der Waals surface area contributed by atoms with Crippen LogP contribution in [0.5, 0.6) is 0 Å². The predicted molar refractivity (Wildman–Crippen MR) is 64.9 cm³/mol. The first-order valence-electron chi connectivity index (χ1n) is 5.51. The molecule has 0 spiro atoms. The molecule has 0 radical (unpaired) electrons. The molecule has 0 aliphatic rings. The van der Waals surface area contributed by atoms with Crippen LogP contribution in [0.1, 0.15) is 28.2 Å².